The normalized spacial score (nSPS) is 11.3. The van der Waals surface area contributed by atoms with Crippen LogP contribution in [0.25, 0.3) is 11.3 Å². The van der Waals surface area contributed by atoms with Crippen LogP contribution in [0.1, 0.15) is 16.7 Å². The molecule has 0 spiro atoms. The third-order valence-electron chi connectivity index (χ3n) is 4.13. The molecule has 0 aliphatic carbocycles. The topological polar surface area (TPSA) is 45.8 Å². The summed E-state index contributed by atoms with van der Waals surface area (Å²) in [6.45, 7) is -0.0370. The van der Waals surface area contributed by atoms with Crippen LogP contribution in [0, 0.1) is 11.3 Å². The number of pyridine rings is 1. The Bertz CT molecular complexity index is 1130. The van der Waals surface area contributed by atoms with E-state index in [0.717, 1.165) is 10.6 Å². The van der Waals surface area contributed by atoms with E-state index in [1.165, 1.54) is 24.3 Å². The maximum Gasteiger partial charge on any atom is 0.417 e. The fourth-order valence-corrected chi connectivity index (χ4v) is 3.22. The first-order valence-electron chi connectivity index (χ1n) is 7.97. The van der Waals surface area contributed by atoms with Gasteiger partial charge in [-0.2, -0.15) is 18.4 Å². The van der Waals surface area contributed by atoms with Gasteiger partial charge in [-0.05, 0) is 17.7 Å². The van der Waals surface area contributed by atoms with Crippen LogP contribution in [0.15, 0.2) is 59.4 Å². The molecule has 3 nitrogen and oxygen atoms in total. The van der Waals surface area contributed by atoms with Gasteiger partial charge in [0.1, 0.15) is 11.6 Å². The summed E-state index contributed by atoms with van der Waals surface area (Å²) in [6.07, 6.45) is -4.88. The van der Waals surface area contributed by atoms with E-state index in [-0.39, 0.29) is 27.8 Å². The SMILES string of the molecule is N#Cc1c(C(F)(F)F)cc(-c2cccc(Cl)c2Cl)n(Cc2ccccc2)c1=O. The number of halogens is 5. The molecule has 142 valence electrons. The third kappa shape index (κ3) is 3.77. The van der Waals surface area contributed by atoms with Gasteiger partial charge in [-0.25, -0.2) is 0 Å². The number of nitriles is 1. The third-order valence-corrected chi connectivity index (χ3v) is 4.95. The summed E-state index contributed by atoms with van der Waals surface area (Å²) in [5.74, 6) is 0. The van der Waals surface area contributed by atoms with Crippen molar-refractivity contribution in [1.82, 2.24) is 4.57 Å². The van der Waals surface area contributed by atoms with E-state index < -0.39 is 22.9 Å². The summed E-state index contributed by atoms with van der Waals surface area (Å²) in [7, 11) is 0. The lowest BCUT2D eigenvalue weighted by Crippen LogP contribution is -2.28. The molecule has 0 aliphatic heterocycles. The van der Waals surface area contributed by atoms with E-state index in [1.807, 2.05) is 0 Å². The van der Waals surface area contributed by atoms with E-state index in [0.29, 0.717) is 5.56 Å². The minimum atomic E-state index is -4.88. The van der Waals surface area contributed by atoms with Crippen molar-refractivity contribution in [2.75, 3.05) is 0 Å². The van der Waals surface area contributed by atoms with Crippen molar-refractivity contribution in [3.8, 4) is 17.3 Å². The number of aromatic nitrogens is 1. The molecule has 0 radical (unpaired) electrons. The number of hydrogen-bond donors (Lipinski definition) is 0. The Morgan fingerprint density at radius 2 is 1.71 bits per heavy atom. The van der Waals surface area contributed by atoms with Crippen LogP contribution in [0.3, 0.4) is 0 Å². The van der Waals surface area contributed by atoms with Crippen LogP contribution in [-0.2, 0) is 12.7 Å². The lowest BCUT2D eigenvalue weighted by atomic mass is 10.0. The highest BCUT2D eigenvalue weighted by Gasteiger charge is 2.36. The molecule has 3 aromatic rings. The summed E-state index contributed by atoms with van der Waals surface area (Å²) >= 11 is 12.2. The number of hydrogen-bond acceptors (Lipinski definition) is 2. The highest BCUT2D eigenvalue weighted by molar-refractivity contribution is 6.43. The van der Waals surface area contributed by atoms with Gasteiger partial charge in [0.2, 0.25) is 0 Å². The summed E-state index contributed by atoms with van der Waals surface area (Å²) in [5.41, 5.74) is -2.56. The van der Waals surface area contributed by atoms with Gasteiger partial charge in [0.25, 0.3) is 5.56 Å². The van der Waals surface area contributed by atoms with E-state index in [1.54, 1.807) is 30.3 Å². The molecule has 0 bridgehead atoms. The van der Waals surface area contributed by atoms with E-state index >= 15 is 0 Å². The van der Waals surface area contributed by atoms with Crippen molar-refractivity contribution >= 4 is 23.2 Å². The Morgan fingerprint density at radius 1 is 1.04 bits per heavy atom. The molecule has 0 unspecified atom stereocenters. The molecule has 0 N–H and O–H groups in total. The van der Waals surface area contributed by atoms with Crippen LogP contribution in [0.2, 0.25) is 10.0 Å². The maximum atomic E-state index is 13.5. The zero-order valence-corrected chi connectivity index (χ0v) is 15.6. The highest BCUT2D eigenvalue weighted by Crippen LogP contribution is 2.37. The first-order valence-corrected chi connectivity index (χ1v) is 8.73. The first kappa shape index (κ1) is 20.0. The van der Waals surface area contributed by atoms with Crippen LogP contribution >= 0.6 is 23.2 Å². The molecule has 0 saturated heterocycles. The standard InChI is InChI=1S/C20H11Cl2F3N2O/c21-16-8-4-7-13(18(16)22)17-9-15(20(23,24)25)14(10-26)19(28)27(17)11-12-5-2-1-3-6-12/h1-9H,11H2. The number of alkyl halides is 3. The van der Waals surface area contributed by atoms with Crippen molar-refractivity contribution in [3.63, 3.8) is 0 Å². The highest BCUT2D eigenvalue weighted by atomic mass is 35.5. The van der Waals surface area contributed by atoms with Gasteiger partial charge < -0.3 is 4.57 Å². The van der Waals surface area contributed by atoms with Gasteiger partial charge in [-0.1, -0.05) is 65.7 Å². The fourth-order valence-electron chi connectivity index (χ4n) is 2.83. The molecule has 3 rings (SSSR count). The summed E-state index contributed by atoms with van der Waals surface area (Å²) in [4.78, 5) is 12.8. The molecule has 0 atom stereocenters. The van der Waals surface area contributed by atoms with Crippen molar-refractivity contribution in [3.05, 3.63) is 91.7 Å². The average molecular weight is 423 g/mol. The second kappa shape index (κ2) is 7.70. The second-order valence-electron chi connectivity index (χ2n) is 5.91. The molecule has 0 saturated carbocycles. The van der Waals surface area contributed by atoms with E-state index in [2.05, 4.69) is 0 Å². The Kier molecular flexibility index (Phi) is 5.50. The average Bonchev–Trinajstić information content (AvgIpc) is 2.65. The van der Waals surface area contributed by atoms with Crippen LogP contribution in [0.4, 0.5) is 13.2 Å². The van der Waals surface area contributed by atoms with Gasteiger partial charge in [-0.15, -0.1) is 0 Å². The van der Waals surface area contributed by atoms with Crippen LogP contribution in [-0.4, -0.2) is 4.57 Å². The quantitative estimate of drug-likeness (QED) is 0.538. The maximum absolute atomic E-state index is 13.5. The Labute approximate surface area is 168 Å². The molecular formula is C20H11Cl2F3N2O. The van der Waals surface area contributed by atoms with Crippen molar-refractivity contribution in [2.24, 2.45) is 0 Å². The zero-order chi connectivity index (χ0) is 20.5. The fraction of sp³-hybridized carbons (Fsp3) is 0.100. The molecule has 1 heterocycles. The van der Waals surface area contributed by atoms with E-state index in [4.69, 9.17) is 23.2 Å². The molecule has 2 aromatic carbocycles. The van der Waals surface area contributed by atoms with E-state index in [9.17, 15) is 23.2 Å². The monoisotopic (exact) mass is 422 g/mol. The predicted molar refractivity (Wildman–Crippen MR) is 101 cm³/mol. The molecule has 0 aliphatic rings. The van der Waals surface area contributed by atoms with Crippen LogP contribution < -0.4 is 5.56 Å². The predicted octanol–water partition coefficient (Wildman–Crippen LogP) is 5.76. The Hall–Kier alpha value is -2.75. The van der Waals surface area contributed by atoms with Gasteiger partial charge >= 0.3 is 6.18 Å². The van der Waals surface area contributed by atoms with Gasteiger partial charge in [-0.3, -0.25) is 4.79 Å². The van der Waals surface area contributed by atoms with Crippen LogP contribution in [0.5, 0.6) is 0 Å². The molecule has 1 aromatic heterocycles. The smallest absolute Gasteiger partial charge is 0.303 e. The minimum absolute atomic E-state index is 0.0169. The lowest BCUT2D eigenvalue weighted by Gasteiger charge is -2.18. The molecule has 28 heavy (non-hydrogen) atoms. The molecule has 8 heteroatoms. The summed E-state index contributed by atoms with van der Waals surface area (Å²) < 4.78 is 41.6. The summed E-state index contributed by atoms with van der Waals surface area (Å²) in [6, 6.07) is 15.3. The lowest BCUT2D eigenvalue weighted by molar-refractivity contribution is -0.137. The molecular weight excluding hydrogens is 412 g/mol. The molecule has 0 amide bonds. The van der Waals surface area contributed by atoms with Gasteiger partial charge in [0.05, 0.1) is 27.8 Å². The molecule has 0 fully saturated rings. The van der Waals surface area contributed by atoms with Crippen molar-refractivity contribution in [2.45, 2.75) is 12.7 Å². The van der Waals surface area contributed by atoms with Crippen molar-refractivity contribution in [1.29, 1.82) is 5.26 Å². The Morgan fingerprint density at radius 3 is 2.32 bits per heavy atom. The second-order valence-corrected chi connectivity index (χ2v) is 6.69. The first-order chi connectivity index (χ1) is 13.2. The number of rotatable bonds is 3. The van der Waals surface area contributed by atoms with Gasteiger partial charge in [0, 0.05) is 5.56 Å². The summed E-state index contributed by atoms with van der Waals surface area (Å²) in [5, 5.41) is 9.35. The Balaban J connectivity index is 2.38. The number of nitrogens with zero attached hydrogens (tertiary/aromatic N) is 2. The van der Waals surface area contributed by atoms with Crippen molar-refractivity contribution < 1.29 is 13.2 Å². The van der Waals surface area contributed by atoms with Gasteiger partial charge in [0.15, 0.2) is 0 Å². The minimum Gasteiger partial charge on any atom is -0.303 e. The largest absolute Gasteiger partial charge is 0.417 e. The number of benzene rings is 2. The zero-order valence-electron chi connectivity index (χ0n) is 14.1.